The average Bonchev–Trinajstić information content (AvgIpc) is 2.47. The van der Waals surface area contributed by atoms with Crippen molar-refractivity contribution in [3.63, 3.8) is 0 Å². The average molecular weight is 169 g/mol. The van der Waals surface area contributed by atoms with Crippen LogP contribution in [0.25, 0.3) is 10.9 Å². The molecule has 0 aliphatic heterocycles. The summed E-state index contributed by atoms with van der Waals surface area (Å²) in [7, 11) is 0. The number of hydrogen-bond acceptors (Lipinski definition) is 2. The lowest BCUT2D eigenvalue weighted by Crippen LogP contribution is -1.83. The highest BCUT2D eigenvalue weighted by Gasteiger charge is 2.13. The standard InChI is InChI=1S/C7H5F2N3/c8-7(9)6-4-1-2-10-3-5(4)11-12-6/h1-3,7H,(H,11,12). The zero-order chi connectivity index (χ0) is 8.55. The Labute approximate surface area is 66.4 Å². The van der Waals surface area contributed by atoms with Gasteiger partial charge in [-0.15, -0.1) is 0 Å². The van der Waals surface area contributed by atoms with E-state index in [0.29, 0.717) is 10.9 Å². The van der Waals surface area contributed by atoms with E-state index in [4.69, 9.17) is 0 Å². The summed E-state index contributed by atoms with van der Waals surface area (Å²) >= 11 is 0. The Morgan fingerprint density at radius 2 is 2.25 bits per heavy atom. The lowest BCUT2D eigenvalue weighted by molar-refractivity contribution is 0.147. The maximum Gasteiger partial charge on any atom is 0.280 e. The first kappa shape index (κ1) is 7.15. The van der Waals surface area contributed by atoms with Crippen molar-refractivity contribution < 1.29 is 8.78 Å². The van der Waals surface area contributed by atoms with Crippen LogP contribution in [0.3, 0.4) is 0 Å². The molecule has 12 heavy (non-hydrogen) atoms. The Morgan fingerprint density at radius 3 is 3.00 bits per heavy atom. The number of alkyl halides is 2. The minimum atomic E-state index is -2.52. The molecule has 0 unspecified atom stereocenters. The van der Waals surface area contributed by atoms with Gasteiger partial charge in [-0.1, -0.05) is 0 Å². The molecule has 5 heteroatoms. The number of H-pyrrole nitrogens is 1. The van der Waals surface area contributed by atoms with Gasteiger partial charge in [0, 0.05) is 11.6 Å². The molecule has 2 rings (SSSR count). The number of fused-ring (bicyclic) bond motifs is 1. The molecule has 0 bridgehead atoms. The first-order chi connectivity index (χ1) is 5.79. The normalized spacial score (nSPS) is 11.2. The van der Waals surface area contributed by atoms with Crippen molar-refractivity contribution in [3.05, 3.63) is 24.2 Å². The lowest BCUT2D eigenvalue weighted by Gasteiger charge is -1.92. The van der Waals surface area contributed by atoms with E-state index < -0.39 is 6.43 Å². The third kappa shape index (κ3) is 0.939. The van der Waals surface area contributed by atoms with Crippen LogP contribution in [0, 0.1) is 0 Å². The Kier molecular flexibility index (Phi) is 1.49. The molecule has 2 aromatic rings. The summed E-state index contributed by atoms with van der Waals surface area (Å²) in [5.41, 5.74) is 0.320. The minimum Gasteiger partial charge on any atom is -0.275 e. The van der Waals surface area contributed by atoms with E-state index in [1.54, 1.807) is 0 Å². The van der Waals surface area contributed by atoms with Crippen molar-refractivity contribution in [2.24, 2.45) is 0 Å². The molecule has 2 aromatic heterocycles. The second-order valence-electron chi connectivity index (χ2n) is 2.33. The first-order valence-electron chi connectivity index (χ1n) is 3.35. The zero-order valence-corrected chi connectivity index (χ0v) is 5.96. The Balaban J connectivity index is 2.70. The van der Waals surface area contributed by atoms with Gasteiger partial charge < -0.3 is 0 Å². The van der Waals surface area contributed by atoms with Gasteiger partial charge in [-0.05, 0) is 6.07 Å². The van der Waals surface area contributed by atoms with Gasteiger partial charge in [0.25, 0.3) is 6.43 Å². The van der Waals surface area contributed by atoms with Crippen LogP contribution in [-0.4, -0.2) is 15.2 Å². The molecule has 0 amide bonds. The van der Waals surface area contributed by atoms with Crippen LogP contribution in [0.2, 0.25) is 0 Å². The van der Waals surface area contributed by atoms with Crippen LogP contribution in [0.5, 0.6) is 0 Å². The van der Waals surface area contributed by atoms with Crippen molar-refractivity contribution in [2.75, 3.05) is 0 Å². The van der Waals surface area contributed by atoms with Crippen molar-refractivity contribution in [2.45, 2.75) is 6.43 Å². The van der Waals surface area contributed by atoms with E-state index in [1.807, 2.05) is 0 Å². The van der Waals surface area contributed by atoms with Gasteiger partial charge in [0.2, 0.25) is 0 Å². The molecular weight excluding hydrogens is 164 g/mol. The van der Waals surface area contributed by atoms with Gasteiger partial charge in [-0.25, -0.2) is 8.78 Å². The summed E-state index contributed by atoms with van der Waals surface area (Å²) in [6.45, 7) is 0. The molecule has 0 atom stereocenters. The highest BCUT2D eigenvalue weighted by molar-refractivity contribution is 5.80. The molecule has 1 N–H and O–H groups in total. The second-order valence-corrected chi connectivity index (χ2v) is 2.33. The summed E-state index contributed by atoms with van der Waals surface area (Å²) < 4.78 is 24.5. The molecule has 3 nitrogen and oxygen atoms in total. The number of rotatable bonds is 1. The van der Waals surface area contributed by atoms with Crippen molar-refractivity contribution in [1.29, 1.82) is 0 Å². The van der Waals surface area contributed by atoms with Crippen molar-refractivity contribution >= 4 is 10.9 Å². The van der Waals surface area contributed by atoms with Gasteiger partial charge in [-0.3, -0.25) is 10.1 Å². The van der Waals surface area contributed by atoms with Gasteiger partial charge in [-0.2, -0.15) is 5.10 Å². The maximum absolute atomic E-state index is 12.2. The molecule has 62 valence electrons. The fraction of sp³-hybridized carbons (Fsp3) is 0.143. The third-order valence-corrected chi connectivity index (χ3v) is 1.61. The minimum absolute atomic E-state index is 0.146. The number of aromatic nitrogens is 3. The Bertz CT molecular complexity index is 396. The van der Waals surface area contributed by atoms with E-state index in [9.17, 15) is 8.78 Å². The summed E-state index contributed by atoms with van der Waals surface area (Å²) in [5.74, 6) is 0. The number of nitrogens with one attached hydrogen (secondary N) is 1. The van der Waals surface area contributed by atoms with E-state index in [-0.39, 0.29) is 5.69 Å². The fourth-order valence-corrected chi connectivity index (χ4v) is 1.05. The molecule has 0 saturated heterocycles. The van der Waals surface area contributed by atoms with E-state index in [1.165, 1.54) is 18.5 Å². The number of aromatic amines is 1. The van der Waals surface area contributed by atoms with Gasteiger partial charge in [0.1, 0.15) is 11.2 Å². The van der Waals surface area contributed by atoms with Gasteiger partial charge in [0.05, 0.1) is 6.20 Å². The monoisotopic (exact) mass is 169 g/mol. The lowest BCUT2D eigenvalue weighted by atomic mass is 10.2. The predicted molar refractivity (Wildman–Crippen MR) is 38.8 cm³/mol. The second kappa shape index (κ2) is 2.51. The van der Waals surface area contributed by atoms with E-state index in [2.05, 4.69) is 15.2 Å². The molecule has 0 aromatic carbocycles. The predicted octanol–water partition coefficient (Wildman–Crippen LogP) is 1.90. The summed E-state index contributed by atoms with van der Waals surface area (Å²) in [4.78, 5) is 3.76. The largest absolute Gasteiger partial charge is 0.280 e. The van der Waals surface area contributed by atoms with E-state index >= 15 is 0 Å². The van der Waals surface area contributed by atoms with Crippen molar-refractivity contribution in [1.82, 2.24) is 15.2 Å². The summed E-state index contributed by atoms with van der Waals surface area (Å²) in [5, 5.41) is 6.38. The Morgan fingerprint density at radius 1 is 1.42 bits per heavy atom. The van der Waals surface area contributed by atoms with Crippen LogP contribution in [-0.2, 0) is 0 Å². The zero-order valence-electron chi connectivity index (χ0n) is 5.96. The van der Waals surface area contributed by atoms with Crippen LogP contribution in [0.4, 0.5) is 8.78 Å². The number of nitrogens with zero attached hydrogens (tertiary/aromatic N) is 2. The molecule has 0 saturated carbocycles. The van der Waals surface area contributed by atoms with Crippen molar-refractivity contribution in [3.8, 4) is 0 Å². The molecule has 0 aliphatic carbocycles. The van der Waals surface area contributed by atoms with Crippen LogP contribution < -0.4 is 0 Å². The fourth-order valence-electron chi connectivity index (χ4n) is 1.05. The van der Waals surface area contributed by atoms with Gasteiger partial charge >= 0.3 is 0 Å². The molecule has 0 radical (unpaired) electrons. The van der Waals surface area contributed by atoms with Crippen LogP contribution >= 0.6 is 0 Å². The topological polar surface area (TPSA) is 41.6 Å². The summed E-state index contributed by atoms with van der Waals surface area (Å²) in [6, 6.07) is 1.51. The first-order valence-corrected chi connectivity index (χ1v) is 3.35. The smallest absolute Gasteiger partial charge is 0.275 e. The van der Waals surface area contributed by atoms with Gasteiger partial charge in [0.15, 0.2) is 0 Å². The SMILES string of the molecule is FC(F)c1[nH]nc2cnccc12. The maximum atomic E-state index is 12.2. The molecule has 0 fully saturated rings. The third-order valence-electron chi connectivity index (χ3n) is 1.61. The summed E-state index contributed by atoms with van der Waals surface area (Å²) in [6.07, 6.45) is 0.388. The molecule has 2 heterocycles. The molecular formula is C7H5F2N3. The van der Waals surface area contributed by atoms with Crippen LogP contribution in [0.15, 0.2) is 18.5 Å². The number of hydrogen-bond donors (Lipinski definition) is 1. The molecule has 0 aliphatic rings. The van der Waals surface area contributed by atoms with Crippen LogP contribution in [0.1, 0.15) is 12.1 Å². The highest BCUT2D eigenvalue weighted by Crippen LogP contribution is 2.23. The number of halogens is 2. The quantitative estimate of drug-likeness (QED) is 0.708. The van der Waals surface area contributed by atoms with E-state index in [0.717, 1.165) is 0 Å². The highest BCUT2D eigenvalue weighted by atomic mass is 19.3. The molecule has 0 spiro atoms. The Hall–Kier alpha value is -1.52. The number of pyridine rings is 1.